The monoisotopic (exact) mass is 251 g/mol. The highest BCUT2D eigenvalue weighted by Crippen LogP contribution is 2.32. The van der Waals surface area contributed by atoms with Gasteiger partial charge in [-0.3, -0.25) is 0 Å². The van der Waals surface area contributed by atoms with Gasteiger partial charge in [-0.25, -0.2) is 0 Å². The van der Waals surface area contributed by atoms with Crippen LogP contribution in [-0.4, -0.2) is 10.1 Å². The second-order valence-electron chi connectivity index (χ2n) is 4.94. The highest BCUT2D eigenvalue weighted by atomic mass is 16.3. The minimum absolute atomic E-state index is 0.338. The van der Waals surface area contributed by atoms with Crippen LogP contribution in [0.5, 0.6) is 5.75 Å². The molecule has 0 saturated heterocycles. The van der Waals surface area contributed by atoms with E-state index in [0.717, 1.165) is 23.1 Å². The lowest BCUT2D eigenvalue weighted by Gasteiger charge is -2.07. The van der Waals surface area contributed by atoms with E-state index in [-0.39, 0.29) is 0 Å². The molecule has 3 aromatic rings. The number of phenolic OH excluding ortho intramolecular Hbond substituents is 1. The summed E-state index contributed by atoms with van der Waals surface area (Å²) in [7, 11) is 0. The number of rotatable bonds is 2. The zero-order valence-corrected chi connectivity index (χ0v) is 11.2. The molecule has 1 aromatic heterocycles. The van der Waals surface area contributed by atoms with Crippen molar-refractivity contribution in [3.8, 4) is 16.9 Å². The molecular formula is C17H17NO. The summed E-state index contributed by atoms with van der Waals surface area (Å²) < 4.78 is 0. The Morgan fingerprint density at radius 2 is 1.95 bits per heavy atom. The Labute approximate surface area is 112 Å². The maximum absolute atomic E-state index is 10.1. The van der Waals surface area contributed by atoms with Gasteiger partial charge in [-0.15, -0.1) is 0 Å². The summed E-state index contributed by atoms with van der Waals surface area (Å²) in [6.45, 7) is 4.21. The van der Waals surface area contributed by atoms with Crippen molar-refractivity contribution < 1.29 is 5.11 Å². The number of benzene rings is 2. The van der Waals surface area contributed by atoms with Crippen LogP contribution in [0.4, 0.5) is 0 Å². The smallest absolute Gasteiger partial charge is 0.123 e. The third-order valence-corrected chi connectivity index (χ3v) is 3.67. The third kappa shape index (κ3) is 1.99. The van der Waals surface area contributed by atoms with Gasteiger partial charge in [0.1, 0.15) is 5.75 Å². The summed E-state index contributed by atoms with van der Waals surface area (Å²) in [5, 5.41) is 11.3. The van der Waals surface area contributed by atoms with Crippen LogP contribution >= 0.6 is 0 Å². The Hall–Kier alpha value is -2.22. The Balaban J connectivity index is 2.20. The molecule has 0 amide bonds. The van der Waals surface area contributed by atoms with Gasteiger partial charge < -0.3 is 10.1 Å². The van der Waals surface area contributed by atoms with E-state index in [0.29, 0.717) is 5.75 Å². The minimum Gasteiger partial charge on any atom is -0.507 e. The van der Waals surface area contributed by atoms with Gasteiger partial charge >= 0.3 is 0 Å². The predicted molar refractivity (Wildman–Crippen MR) is 79.5 cm³/mol. The normalized spacial score (nSPS) is 11.1. The molecule has 0 radical (unpaired) electrons. The van der Waals surface area contributed by atoms with Crippen LogP contribution in [0.15, 0.2) is 42.6 Å². The zero-order chi connectivity index (χ0) is 13.4. The van der Waals surface area contributed by atoms with Gasteiger partial charge in [0.05, 0.1) is 0 Å². The van der Waals surface area contributed by atoms with Crippen LogP contribution in [0.25, 0.3) is 22.0 Å². The van der Waals surface area contributed by atoms with Crippen LogP contribution in [0, 0.1) is 6.92 Å². The molecule has 2 heteroatoms. The molecule has 0 atom stereocenters. The number of hydrogen-bond donors (Lipinski definition) is 2. The second kappa shape index (κ2) is 4.47. The molecule has 0 aliphatic rings. The number of phenols is 1. The fraction of sp³-hybridized carbons (Fsp3) is 0.176. The number of fused-ring (bicyclic) bond motifs is 1. The molecule has 0 bridgehead atoms. The number of nitrogens with one attached hydrogen (secondary N) is 1. The van der Waals surface area contributed by atoms with Crippen molar-refractivity contribution >= 4 is 10.9 Å². The molecule has 0 aliphatic heterocycles. The number of aromatic nitrogens is 1. The molecule has 0 aliphatic carbocycles. The summed E-state index contributed by atoms with van der Waals surface area (Å²) in [6, 6.07) is 12.1. The fourth-order valence-corrected chi connectivity index (χ4v) is 2.46. The van der Waals surface area contributed by atoms with Gasteiger partial charge in [-0.05, 0) is 54.3 Å². The topological polar surface area (TPSA) is 36.0 Å². The number of aromatic hydroxyl groups is 1. The Kier molecular flexibility index (Phi) is 2.79. The van der Waals surface area contributed by atoms with Crippen LogP contribution in [0.3, 0.4) is 0 Å². The first-order valence-electron chi connectivity index (χ1n) is 6.59. The van der Waals surface area contributed by atoms with Crippen molar-refractivity contribution in [1.29, 1.82) is 0 Å². The van der Waals surface area contributed by atoms with Crippen molar-refractivity contribution in [2.24, 2.45) is 0 Å². The van der Waals surface area contributed by atoms with E-state index in [1.165, 1.54) is 16.5 Å². The molecule has 2 nitrogen and oxygen atoms in total. The van der Waals surface area contributed by atoms with E-state index >= 15 is 0 Å². The van der Waals surface area contributed by atoms with Crippen LogP contribution in [0.2, 0.25) is 0 Å². The lowest BCUT2D eigenvalue weighted by molar-refractivity contribution is 0.477. The van der Waals surface area contributed by atoms with Gasteiger partial charge in [-0.1, -0.05) is 19.1 Å². The molecule has 19 heavy (non-hydrogen) atoms. The summed E-state index contributed by atoms with van der Waals surface area (Å²) in [5.74, 6) is 0.338. The SMILES string of the molecule is CCc1ccc(O)c(-c2ccc3[nH]cc(C)c3c2)c1. The predicted octanol–water partition coefficient (Wildman–Crippen LogP) is 4.41. The van der Waals surface area contributed by atoms with Crippen LogP contribution in [-0.2, 0) is 6.42 Å². The zero-order valence-electron chi connectivity index (χ0n) is 11.2. The third-order valence-electron chi connectivity index (χ3n) is 3.67. The average Bonchev–Trinajstić information content (AvgIpc) is 2.81. The summed E-state index contributed by atoms with van der Waals surface area (Å²) >= 11 is 0. The maximum atomic E-state index is 10.1. The largest absolute Gasteiger partial charge is 0.507 e. The van der Waals surface area contributed by atoms with Crippen molar-refractivity contribution in [2.75, 3.05) is 0 Å². The number of aromatic amines is 1. The Bertz CT molecular complexity index is 740. The Morgan fingerprint density at radius 3 is 2.74 bits per heavy atom. The van der Waals surface area contributed by atoms with Gasteiger partial charge in [0.2, 0.25) is 0 Å². The van der Waals surface area contributed by atoms with Crippen molar-refractivity contribution in [3.63, 3.8) is 0 Å². The summed E-state index contributed by atoms with van der Waals surface area (Å²) in [5.41, 5.74) is 5.55. The first-order valence-corrected chi connectivity index (χ1v) is 6.59. The molecule has 2 aromatic carbocycles. The standard InChI is InChI=1S/C17H17NO/c1-3-12-4-7-17(19)15(8-12)13-5-6-16-14(9-13)11(2)10-18-16/h4-10,18-19H,3H2,1-2H3. The molecular weight excluding hydrogens is 234 g/mol. The van der Waals surface area contributed by atoms with Crippen molar-refractivity contribution in [1.82, 2.24) is 4.98 Å². The van der Waals surface area contributed by atoms with E-state index in [1.807, 2.05) is 18.3 Å². The lowest BCUT2D eigenvalue weighted by Crippen LogP contribution is -1.84. The number of hydrogen-bond acceptors (Lipinski definition) is 1. The summed E-state index contributed by atoms with van der Waals surface area (Å²) in [6.07, 6.45) is 2.98. The molecule has 1 heterocycles. The number of aryl methyl sites for hydroxylation is 2. The van der Waals surface area contributed by atoms with E-state index in [4.69, 9.17) is 0 Å². The van der Waals surface area contributed by atoms with Crippen LogP contribution in [0.1, 0.15) is 18.1 Å². The van der Waals surface area contributed by atoms with Gasteiger partial charge in [-0.2, -0.15) is 0 Å². The average molecular weight is 251 g/mol. The molecule has 0 saturated carbocycles. The second-order valence-corrected chi connectivity index (χ2v) is 4.94. The fourth-order valence-electron chi connectivity index (χ4n) is 2.46. The first-order chi connectivity index (χ1) is 9.19. The highest BCUT2D eigenvalue weighted by molar-refractivity contribution is 5.88. The van der Waals surface area contributed by atoms with Gasteiger partial charge in [0, 0.05) is 22.7 Å². The highest BCUT2D eigenvalue weighted by Gasteiger charge is 2.07. The lowest BCUT2D eigenvalue weighted by atomic mass is 9.99. The van der Waals surface area contributed by atoms with E-state index in [2.05, 4.69) is 37.0 Å². The number of H-pyrrole nitrogens is 1. The minimum atomic E-state index is 0.338. The molecule has 3 rings (SSSR count). The molecule has 2 N–H and O–H groups in total. The molecule has 0 fully saturated rings. The summed E-state index contributed by atoms with van der Waals surface area (Å²) in [4.78, 5) is 3.24. The van der Waals surface area contributed by atoms with Crippen molar-refractivity contribution in [2.45, 2.75) is 20.3 Å². The molecule has 0 unspecified atom stereocenters. The molecule has 96 valence electrons. The van der Waals surface area contributed by atoms with E-state index in [9.17, 15) is 5.11 Å². The molecule has 0 spiro atoms. The first kappa shape index (κ1) is 11.8. The van der Waals surface area contributed by atoms with Crippen LogP contribution < -0.4 is 0 Å². The van der Waals surface area contributed by atoms with E-state index in [1.54, 1.807) is 6.07 Å². The quantitative estimate of drug-likeness (QED) is 0.695. The van der Waals surface area contributed by atoms with Gasteiger partial charge in [0.25, 0.3) is 0 Å². The van der Waals surface area contributed by atoms with Crippen molar-refractivity contribution in [3.05, 3.63) is 53.7 Å². The van der Waals surface area contributed by atoms with E-state index < -0.39 is 0 Å². The Morgan fingerprint density at radius 1 is 1.11 bits per heavy atom. The van der Waals surface area contributed by atoms with Gasteiger partial charge in [0.15, 0.2) is 0 Å². The maximum Gasteiger partial charge on any atom is 0.123 e.